The molecule has 1 amide bonds. The van der Waals surface area contributed by atoms with Gasteiger partial charge in [-0.15, -0.1) is 12.3 Å². The van der Waals surface area contributed by atoms with Crippen molar-refractivity contribution in [3.63, 3.8) is 0 Å². The van der Waals surface area contributed by atoms with Crippen molar-refractivity contribution < 1.29 is 13.2 Å². The summed E-state index contributed by atoms with van der Waals surface area (Å²) in [6, 6.07) is 8.43. The Morgan fingerprint density at radius 2 is 1.76 bits per heavy atom. The number of hydrogen-bond donors (Lipinski definition) is 0. The maximum atomic E-state index is 12.8. The molecule has 0 radical (unpaired) electrons. The first kappa shape index (κ1) is 18.0. The van der Waals surface area contributed by atoms with E-state index in [2.05, 4.69) is 5.92 Å². The maximum Gasteiger partial charge on any atom is 0.243 e. The fraction of sp³-hybridized carbons (Fsp3) is 0.526. The molecule has 0 aromatic heterocycles. The molecule has 1 aromatic carbocycles. The Labute approximate surface area is 150 Å². The molecule has 0 saturated carbocycles. The summed E-state index contributed by atoms with van der Waals surface area (Å²) in [5.74, 6) is 2.84. The quantitative estimate of drug-likeness (QED) is 0.774. The molecule has 0 unspecified atom stereocenters. The van der Waals surface area contributed by atoms with Crippen LogP contribution in [0.25, 0.3) is 0 Å². The summed E-state index contributed by atoms with van der Waals surface area (Å²) in [6.07, 6.45) is 8.59. The van der Waals surface area contributed by atoms with E-state index < -0.39 is 10.0 Å². The molecule has 2 aliphatic heterocycles. The van der Waals surface area contributed by atoms with Crippen LogP contribution < -0.4 is 0 Å². The molecule has 2 aliphatic rings. The largest absolute Gasteiger partial charge is 0.342 e. The number of carbonyl (C=O) groups is 1. The molecule has 0 bridgehead atoms. The first-order valence-electron chi connectivity index (χ1n) is 8.82. The molecule has 134 valence electrons. The van der Waals surface area contributed by atoms with Crippen molar-refractivity contribution in [2.45, 2.75) is 30.6 Å². The van der Waals surface area contributed by atoms with Crippen LogP contribution in [0.2, 0.25) is 0 Å². The topological polar surface area (TPSA) is 57.7 Å². The third-order valence-corrected chi connectivity index (χ3v) is 7.04. The van der Waals surface area contributed by atoms with Crippen molar-refractivity contribution >= 4 is 15.9 Å². The van der Waals surface area contributed by atoms with Gasteiger partial charge in [-0.2, -0.15) is 4.31 Å². The Morgan fingerprint density at radius 1 is 1.08 bits per heavy atom. The van der Waals surface area contributed by atoms with Crippen LogP contribution >= 0.6 is 0 Å². The van der Waals surface area contributed by atoms with Crippen LogP contribution in [0.15, 0.2) is 35.2 Å². The van der Waals surface area contributed by atoms with E-state index in [1.54, 1.807) is 30.3 Å². The lowest BCUT2D eigenvalue weighted by atomic mass is 9.94. The summed E-state index contributed by atoms with van der Waals surface area (Å²) in [5.41, 5.74) is 0. The normalized spacial score (nSPS) is 23.2. The SMILES string of the molecule is C#CC1CCN(C(=O)[C@@H]2CCCN(S(=O)(=O)c3ccccc3)C2)CC1. The van der Waals surface area contributed by atoms with Crippen molar-refractivity contribution in [3.8, 4) is 12.3 Å². The van der Waals surface area contributed by atoms with E-state index in [9.17, 15) is 13.2 Å². The number of hydrogen-bond acceptors (Lipinski definition) is 3. The second-order valence-corrected chi connectivity index (χ2v) is 8.72. The molecule has 2 fully saturated rings. The summed E-state index contributed by atoms with van der Waals surface area (Å²) in [6.45, 7) is 2.09. The van der Waals surface area contributed by atoms with Crippen molar-refractivity contribution in [1.82, 2.24) is 9.21 Å². The highest BCUT2D eigenvalue weighted by Gasteiger charge is 2.35. The van der Waals surface area contributed by atoms with Gasteiger partial charge in [0, 0.05) is 32.1 Å². The van der Waals surface area contributed by atoms with Gasteiger partial charge < -0.3 is 4.90 Å². The second-order valence-electron chi connectivity index (χ2n) is 6.78. The van der Waals surface area contributed by atoms with Gasteiger partial charge in [0.15, 0.2) is 0 Å². The Balaban J connectivity index is 1.67. The second kappa shape index (κ2) is 7.59. The van der Waals surface area contributed by atoms with Crippen LogP contribution in [0.4, 0.5) is 0 Å². The number of rotatable bonds is 3. The summed E-state index contributed by atoms with van der Waals surface area (Å²) in [4.78, 5) is 15.0. The average Bonchev–Trinajstić information content (AvgIpc) is 2.68. The molecule has 0 N–H and O–H groups in total. The summed E-state index contributed by atoms with van der Waals surface area (Å²) >= 11 is 0. The lowest BCUT2D eigenvalue weighted by Gasteiger charge is -2.36. The van der Waals surface area contributed by atoms with Gasteiger partial charge in [-0.05, 0) is 37.8 Å². The third-order valence-electron chi connectivity index (χ3n) is 5.16. The van der Waals surface area contributed by atoms with Crippen LogP contribution in [-0.2, 0) is 14.8 Å². The first-order valence-corrected chi connectivity index (χ1v) is 10.3. The lowest BCUT2D eigenvalue weighted by molar-refractivity contribution is -0.137. The van der Waals surface area contributed by atoms with E-state index >= 15 is 0 Å². The van der Waals surface area contributed by atoms with E-state index in [-0.39, 0.29) is 29.2 Å². The van der Waals surface area contributed by atoms with Gasteiger partial charge in [0.25, 0.3) is 0 Å². The van der Waals surface area contributed by atoms with Crippen LogP contribution in [0.5, 0.6) is 0 Å². The lowest BCUT2D eigenvalue weighted by Crippen LogP contribution is -2.48. The minimum Gasteiger partial charge on any atom is -0.342 e. The zero-order valence-electron chi connectivity index (χ0n) is 14.3. The van der Waals surface area contributed by atoms with Crippen LogP contribution in [0, 0.1) is 24.2 Å². The molecule has 1 aromatic rings. The molecule has 2 saturated heterocycles. The third kappa shape index (κ3) is 3.88. The van der Waals surface area contributed by atoms with E-state index in [0.29, 0.717) is 26.1 Å². The molecule has 3 rings (SSSR count). The number of piperidine rings is 2. The van der Waals surface area contributed by atoms with Crippen LogP contribution in [0.3, 0.4) is 0 Å². The van der Waals surface area contributed by atoms with E-state index in [1.165, 1.54) is 4.31 Å². The van der Waals surface area contributed by atoms with Crippen molar-refractivity contribution in [1.29, 1.82) is 0 Å². The minimum atomic E-state index is -3.54. The molecule has 1 atom stereocenters. The predicted molar refractivity (Wildman–Crippen MR) is 96.1 cm³/mol. The van der Waals surface area contributed by atoms with E-state index in [1.807, 2.05) is 4.90 Å². The number of sulfonamides is 1. The van der Waals surface area contributed by atoms with Gasteiger partial charge in [-0.25, -0.2) is 8.42 Å². The minimum absolute atomic E-state index is 0.0726. The summed E-state index contributed by atoms with van der Waals surface area (Å²) in [5, 5.41) is 0. The van der Waals surface area contributed by atoms with Crippen LogP contribution in [0.1, 0.15) is 25.7 Å². The van der Waals surface area contributed by atoms with Crippen molar-refractivity contribution in [2.24, 2.45) is 11.8 Å². The van der Waals surface area contributed by atoms with Gasteiger partial charge in [-0.1, -0.05) is 18.2 Å². The predicted octanol–water partition coefficient (Wildman–Crippen LogP) is 1.96. The maximum absolute atomic E-state index is 12.8. The van der Waals surface area contributed by atoms with Gasteiger partial charge in [0.1, 0.15) is 0 Å². The molecule has 0 spiro atoms. The van der Waals surface area contributed by atoms with Gasteiger partial charge in [0.2, 0.25) is 15.9 Å². The van der Waals surface area contributed by atoms with Gasteiger partial charge in [-0.3, -0.25) is 4.79 Å². The Hall–Kier alpha value is -1.84. The van der Waals surface area contributed by atoms with E-state index in [0.717, 1.165) is 19.3 Å². The first-order chi connectivity index (χ1) is 12.0. The number of terminal acetylenes is 1. The van der Waals surface area contributed by atoms with Crippen molar-refractivity contribution in [3.05, 3.63) is 30.3 Å². The number of carbonyl (C=O) groups excluding carboxylic acids is 1. The van der Waals surface area contributed by atoms with E-state index in [4.69, 9.17) is 6.42 Å². The molecule has 6 heteroatoms. The highest BCUT2D eigenvalue weighted by Crippen LogP contribution is 2.26. The Bertz CT molecular complexity index is 747. The Morgan fingerprint density at radius 3 is 2.40 bits per heavy atom. The summed E-state index contributed by atoms with van der Waals surface area (Å²) in [7, 11) is -3.54. The number of likely N-dealkylation sites (tertiary alicyclic amines) is 1. The van der Waals surface area contributed by atoms with Gasteiger partial charge >= 0.3 is 0 Å². The molecular formula is C19H24N2O3S. The fourth-order valence-corrected chi connectivity index (χ4v) is 5.17. The number of nitrogens with zero attached hydrogens (tertiary/aromatic N) is 2. The molecule has 0 aliphatic carbocycles. The molecular weight excluding hydrogens is 336 g/mol. The summed E-state index contributed by atoms with van der Waals surface area (Å²) < 4.78 is 27.0. The molecule has 2 heterocycles. The zero-order valence-corrected chi connectivity index (χ0v) is 15.1. The van der Waals surface area contributed by atoms with Crippen LogP contribution in [-0.4, -0.2) is 49.7 Å². The molecule has 5 nitrogen and oxygen atoms in total. The van der Waals surface area contributed by atoms with Crippen molar-refractivity contribution in [2.75, 3.05) is 26.2 Å². The fourth-order valence-electron chi connectivity index (χ4n) is 3.63. The number of amides is 1. The smallest absolute Gasteiger partial charge is 0.243 e. The monoisotopic (exact) mass is 360 g/mol. The Kier molecular flexibility index (Phi) is 5.45. The number of benzene rings is 1. The average molecular weight is 360 g/mol. The zero-order chi connectivity index (χ0) is 17.9. The molecule has 25 heavy (non-hydrogen) atoms. The standard InChI is InChI=1S/C19H24N2O3S/c1-2-16-10-13-20(14-11-16)19(22)17-7-6-12-21(15-17)25(23,24)18-8-4-3-5-9-18/h1,3-5,8-9,16-17H,6-7,10-15H2/t17-/m1/s1. The highest BCUT2D eigenvalue weighted by molar-refractivity contribution is 7.89. The highest BCUT2D eigenvalue weighted by atomic mass is 32.2. The van der Waals surface area contributed by atoms with Gasteiger partial charge in [0.05, 0.1) is 10.8 Å².